The summed E-state index contributed by atoms with van der Waals surface area (Å²) in [5.41, 5.74) is -1.67. The monoisotopic (exact) mass is 342 g/mol. The molecule has 0 atom stereocenters. The minimum Gasteiger partial charge on any atom is -0.276 e. The van der Waals surface area contributed by atoms with Crippen LogP contribution in [0.1, 0.15) is 42.3 Å². The predicted octanol–water partition coefficient (Wildman–Crippen LogP) is 3.97. The molecular weight excluding hydrogens is 329 g/mol. The highest BCUT2D eigenvalue weighted by Gasteiger charge is 2.42. The van der Waals surface area contributed by atoms with E-state index in [2.05, 4.69) is 0 Å². The molecule has 0 bridgehead atoms. The first-order valence-electron chi connectivity index (χ1n) is 5.86. The number of aryl methyl sites for hydroxylation is 1. The number of carbonyl (C=O) groups excluding carboxylic acids is 1. The van der Waals surface area contributed by atoms with Crippen LogP contribution in [0.4, 0.5) is 13.2 Å². The quantitative estimate of drug-likeness (QED) is 0.764. The van der Waals surface area contributed by atoms with Crippen LogP contribution in [0.3, 0.4) is 0 Å². The second-order valence-electron chi connectivity index (χ2n) is 5.55. The number of carbonyl (C=O) groups is 1. The lowest BCUT2D eigenvalue weighted by Gasteiger charge is -2.23. The van der Waals surface area contributed by atoms with E-state index >= 15 is 0 Å². The van der Waals surface area contributed by atoms with Gasteiger partial charge in [-0.3, -0.25) is 4.79 Å². The standard InChI is InChI=1S/C13H14ClF3O3S/c1-7-5-10(21(19,20)12(2,3)4)9(13(15,16)17)6-8(7)11(14)18/h5-6H,1-4H3. The third-order valence-electron chi connectivity index (χ3n) is 2.94. The highest BCUT2D eigenvalue weighted by atomic mass is 35.5. The van der Waals surface area contributed by atoms with Crippen molar-refractivity contribution in [3.05, 3.63) is 28.8 Å². The van der Waals surface area contributed by atoms with Gasteiger partial charge in [0.1, 0.15) is 0 Å². The summed E-state index contributed by atoms with van der Waals surface area (Å²) < 4.78 is 62.6. The van der Waals surface area contributed by atoms with Crippen LogP contribution < -0.4 is 0 Å². The van der Waals surface area contributed by atoms with Gasteiger partial charge < -0.3 is 0 Å². The Bertz CT molecular complexity index is 686. The lowest BCUT2D eigenvalue weighted by atomic mass is 10.1. The van der Waals surface area contributed by atoms with E-state index in [1.54, 1.807) is 0 Å². The maximum absolute atomic E-state index is 13.1. The van der Waals surface area contributed by atoms with Crippen molar-refractivity contribution in [1.29, 1.82) is 0 Å². The molecule has 0 heterocycles. The molecule has 0 aliphatic heterocycles. The van der Waals surface area contributed by atoms with Crippen molar-refractivity contribution < 1.29 is 26.4 Å². The third kappa shape index (κ3) is 3.40. The third-order valence-corrected chi connectivity index (χ3v) is 5.67. The summed E-state index contributed by atoms with van der Waals surface area (Å²) in [6.45, 7) is 5.24. The number of alkyl halides is 3. The lowest BCUT2D eigenvalue weighted by Crippen LogP contribution is -2.30. The first-order chi connectivity index (χ1) is 9.19. The maximum Gasteiger partial charge on any atom is 0.417 e. The Morgan fingerprint density at radius 3 is 1.95 bits per heavy atom. The van der Waals surface area contributed by atoms with Gasteiger partial charge in [-0.05, 0) is 57.0 Å². The highest BCUT2D eigenvalue weighted by molar-refractivity contribution is 7.92. The molecule has 0 aromatic heterocycles. The zero-order valence-corrected chi connectivity index (χ0v) is 13.4. The van der Waals surface area contributed by atoms with Crippen LogP contribution >= 0.6 is 11.6 Å². The van der Waals surface area contributed by atoms with E-state index in [1.807, 2.05) is 0 Å². The maximum atomic E-state index is 13.1. The number of sulfone groups is 1. The molecule has 0 aliphatic rings. The molecule has 0 amide bonds. The van der Waals surface area contributed by atoms with Gasteiger partial charge in [0, 0.05) is 5.56 Å². The fraction of sp³-hybridized carbons (Fsp3) is 0.462. The first kappa shape index (κ1) is 18.0. The summed E-state index contributed by atoms with van der Waals surface area (Å²) in [6, 6.07) is 1.34. The molecule has 21 heavy (non-hydrogen) atoms. The molecule has 1 aromatic carbocycles. The van der Waals surface area contributed by atoms with E-state index in [4.69, 9.17) is 11.6 Å². The van der Waals surface area contributed by atoms with E-state index in [-0.39, 0.29) is 11.1 Å². The van der Waals surface area contributed by atoms with Crippen LogP contribution in [0.5, 0.6) is 0 Å². The zero-order valence-electron chi connectivity index (χ0n) is 11.8. The Kier molecular flexibility index (Phi) is 4.52. The summed E-state index contributed by atoms with van der Waals surface area (Å²) in [5.74, 6) is 0. The van der Waals surface area contributed by atoms with Gasteiger partial charge in [0.05, 0.1) is 15.2 Å². The Morgan fingerprint density at radius 1 is 1.14 bits per heavy atom. The molecule has 0 N–H and O–H groups in total. The van der Waals surface area contributed by atoms with Crippen molar-refractivity contribution in [2.75, 3.05) is 0 Å². The lowest BCUT2D eigenvalue weighted by molar-refractivity contribution is -0.139. The predicted molar refractivity (Wildman–Crippen MR) is 73.3 cm³/mol. The number of rotatable bonds is 2. The average molecular weight is 343 g/mol. The number of benzene rings is 1. The van der Waals surface area contributed by atoms with E-state index in [0.29, 0.717) is 6.07 Å². The molecular formula is C13H14ClF3O3S. The topological polar surface area (TPSA) is 51.2 Å². The van der Waals surface area contributed by atoms with Gasteiger partial charge in [0.15, 0.2) is 9.84 Å². The summed E-state index contributed by atoms with van der Waals surface area (Å²) in [7, 11) is -4.23. The molecule has 0 radical (unpaired) electrons. The van der Waals surface area contributed by atoms with Crippen molar-refractivity contribution in [2.24, 2.45) is 0 Å². The Balaban J connectivity index is 3.84. The molecule has 118 valence electrons. The van der Waals surface area contributed by atoms with Crippen molar-refractivity contribution in [1.82, 2.24) is 0 Å². The molecule has 0 spiro atoms. The van der Waals surface area contributed by atoms with Gasteiger partial charge in [-0.1, -0.05) is 0 Å². The van der Waals surface area contributed by atoms with Gasteiger partial charge in [0.2, 0.25) is 0 Å². The summed E-state index contributed by atoms with van der Waals surface area (Å²) in [5, 5.41) is -1.07. The number of hydrogen-bond donors (Lipinski definition) is 0. The fourth-order valence-corrected chi connectivity index (χ4v) is 3.33. The minimum atomic E-state index is -4.91. The second-order valence-corrected chi connectivity index (χ2v) is 8.57. The van der Waals surface area contributed by atoms with Crippen LogP contribution in [0.25, 0.3) is 0 Å². The number of hydrogen-bond acceptors (Lipinski definition) is 3. The van der Waals surface area contributed by atoms with Crippen molar-refractivity contribution in [3.8, 4) is 0 Å². The average Bonchev–Trinajstić information content (AvgIpc) is 2.24. The SMILES string of the molecule is Cc1cc(S(=O)(=O)C(C)(C)C)c(C(F)(F)F)cc1C(=O)Cl. The van der Waals surface area contributed by atoms with Crippen LogP contribution in [-0.4, -0.2) is 18.4 Å². The number of halogens is 4. The smallest absolute Gasteiger partial charge is 0.276 e. The van der Waals surface area contributed by atoms with Gasteiger partial charge >= 0.3 is 6.18 Å². The van der Waals surface area contributed by atoms with Crippen molar-refractivity contribution in [3.63, 3.8) is 0 Å². The minimum absolute atomic E-state index is 0.0748. The van der Waals surface area contributed by atoms with Crippen molar-refractivity contribution >= 4 is 26.7 Å². The Hall–Kier alpha value is -1.08. The van der Waals surface area contributed by atoms with Gasteiger partial charge in [0.25, 0.3) is 5.24 Å². The second kappa shape index (κ2) is 5.28. The van der Waals surface area contributed by atoms with Crippen LogP contribution in [-0.2, 0) is 16.0 Å². The molecule has 1 rings (SSSR count). The molecule has 0 aliphatic carbocycles. The molecule has 0 unspecified atom stereocenters. The highest BCUT2D eigenvalue weighted by Crippen LogP contribution is 2.39. The van der Waals surface area contributed by atoms with Gasteiger partial charge in [-0.15, -0.1) is 0 Å². The Morgan fingerprint density at radius 2 is 1.62 bits per heavy atom. The molecule has 3 nitrogen and oxygen atoms in total. The summed E-state index contributed by atoms with van der Waals surface area (Å²) >= 11 is 5.23. The first-order valence-corrected chi connectivity index (χ1v) is 7.72. The van der Waals surface area contributed by atoms with E-state index < -0.39 is 36.5 Å². The fourth-order valence-electron chi connectivity index (χ4n) is 1.67. The molecule has 0 saturated carbocycles. The van der Waals surface area contributed by atoms with E-state index in [9.17, 15) is 26.4 Å². The van der Waals surface area contributed by atoms with Crippen molar-refractivity contribution in [2.45, 2.75) is 43.5 Å². The van der Waals surface area contributed by atoms with Gasteiger partial charge in [-0.25, -0.2) is 8.42 Å². The molecule has 8 heteroatoms. The summed E-state index contributed by atoms with van der Waals surface area (Å²) in [4.78, 5) is 10.3. The van der Waals surface area contributed by atoms with E-state index in [1.165, 1.54) is 27.7 Å². The molecule has 0 saturated heterocycles. The Labute approximate surface area is 126 Å². The van der Waals surface area contributed by atoms with E-state index in [0.717, 1.165) is 6.07 Å². The summed E-state index contributed by atoms with van der Waals surface area (Å²) in [6.07, 6.45) is -4.91. The zero-order chi connectivity index (χ0) is 16.8. The normalized spacial score (nSPS) is 13.3. The van der Waals surface area contributed by atoms with Gasteiger partial charge in [-0.2, -0.15) is 13.2 Å². The largest absolute Gasteiger partial charge is 0.417 e. The van der Waals surface area contributed by atoms with Crippen LogP contribution in [0.2, 0.25) is 0 Å². The van der Waals surface area contributed by atoms with Crippen LogP contribution in [0, 0.1) is 6.92 Å². The molecule has 1 aromatic rings. The molecule has 0 fully saturated rings. The van der Waals surface area contributed by atoms with Crippen LogP contribution in [0.15, 0.2) is 17.0 Å².